The smallest absolute Gasteiger partial charge is 0.247 e. The molecule has 0 saturated carbocycles. The molecule has 1 amide bonds. The average molecular weight is 460 g/mol. The first-order valence-corrected chi connectivity index (χ1v) is 11.8. The van der Waals surface area contributed by atoms with Crippen molar-refractivity contribution in [2.45, 2.75) is 50.0 Å². The van der Waals surface area contributed by atoms with E-state index in [4.69, 9.17) is 4.74 Å². The van der Waals surface area contributed by atoms with Gasteiger partial charge in [0.15, 0.2) is 0 Å². The zero-order valence-corrected chi connectivity index (χ0v) is 18.8. The summed E-state index contributed by atoms with van der Waals surface area (Å²) in [6.07, 6.45) is 6.50. The van der Waals surface area contributed by atoms with Crippen LogP contribution < -0.4 is 0 Å². The number of piperidine rings is 1. The van der Waals surface area contributed by atoms with Gasteiger partial charge in [-0.3, -0.25) is 4.79 Å². The van der Waals surface area contributed by atoms with Crippen molar-refractivity contribution < 1.29 is 18.3 Å². The molecule has 5 rings (SSSR count). The van der Waals surface area contributed by atoms with Crippen LogP contribution in [-0.2, 0) is 9.53 Å². The summed E-state index contributed by atoms with van der Waals surface area (Å²) in [6.45, 7) is 0. The summed E-state index contributed by atoms with van der Waals surface area (Å²) >= 11 is 0. The highest BCUT2D eigenvalue weighted by Gasteiger charge is 2.43. The average Bonchev–Trinajstić information content (AvgIpc) is 3.13. The Morgan fingerprint density at radius 2 is 1.35 bits per heavy atom. The van der Waals surface area contributed by atoms with Gasteiger partial charge in [-0.25, -0.2) is 8.78 Å². The highest BCUT2D eigenvalue weighted by molar-refractivity contribution is 5.92. The lowest BCUT2D eigenvalue weighted by Crippen LogP contribution is -2.48. The molecule has 2 fully saturated rings. The van der Waals surface area contributed by atoms with Crippen LogP contribution in [0.3, 0.4) is 0 Å². The van der Waals surface area contributed by atoms with Crippen molar-refractivity contribution in [2.24, 2.45) is 0 Å². The quantitative estimate of drug-likeness (QED) is 0.405. The molecule has 2 bridgehead atoms. The summed E-state index contributed by atoms with van der Waals surface area (Å²) in [7, 11) is 0. The number of nitrogens with zero attached hydrogens (tertiary/aromatic N) is 1. The predicted octanol–water partition coefficient (Wildman–Crippen LogP) is 6.31. The zero-order valence-electron chi connectivity index (χ0n) is 18.8. The van der Waals surface area contributed by atoms with Crippen LogP contribution in [0.4, 0.5) is 8.78 Å². The van der Waals surface area contributed by atoms with E-state index in [0.717, 1.165) is 42.4 Å². The lowest BCUT2D eigenvalue weighted by molar-refractivity contribution is -0.134. The molecule has 0 aromatic heterocycles. The molecule has 3 aromatic carbocycles. The van der Waals surface area contributed by atoms with Crippen LogP contribution in [0.15, 0.2) is 84.9 Å². The highest BCUT2D eigenvalue weighted by atomic mass is 19.1. The van der Waals surface area contributed by atoms with Gasteiger partial charge in [0, 0.05) is 18.2 Å². The van der Waals surface area contributed by atoms with Crippen molar-refractivity contribution in [2.75, 3.05) is 0 Å². The van der Waals surface area contributed by atoms with Gasteiger partial charge in [0.1, 0.15) is 17.7 Å². The van der Waals surface area contributed by atoms with E-state index >= 15 is 0 Å². The van der Waals surface area contributed by atoms with Crippen molar-refractivity contribution in [3.63, 3.8) is 0 Å². The summed E-state index contributed by atoms with van der Waals surface area (Å²) in [6, 6.07) is 22.6. The number of ether oxygens (including phenoxy) is 1. The van der Waals surface area contributed by atoms with E-state index in [2.05, 4.69) is 0 Å². The molecule has 3 aromatic rings. The Balaban J connectivity index is 1.31. The minimum atomic E-state index is -0.425. The monoisotopic (exact) mass is 459 g/mol. The number of carbonyl (C=O) groups is 1. The molecule has 5 heteroatoms. The van der Waals surface area contributed by atoms with Crippen LogP contribution in [0.25, 0.3) is 6.08 Å². The first kappa shape index (κ1) is 22.5. The van der Waals surface area contributed by atoms with Gasteiger partial charge in [0.2, 0.25) is 5.91 Å². The van der Waals surface area contributed by atoms with Crippen molar-refractivity contribution in [3.8, 4) is 0 Å². The maximum atomic E-state index is 13.5. The van der Waals surface area contributed by atoms with Gasteiger partial charge in [-0.05, 0) is 72.7 Å². The summed E-state index contributed by atoms with van der Waals surface area (Å²) in [4.78, 5) is 15.0. The number of fused-ring (bicyclic) bond motifs is 2. The number of amides is 1. The number of carbonyl (C=O) groups excluding carboxylic acids is 1. The summed E-state index contributed by atoms with van der Waals surface area (Å²) in [5.41, 5.74) is 2.65. The molecule has 0 N–H and O–H groups in total. The number of benzene rings is 3. The van der Waals surface area contributed by atoms with Crippen LogP contribution in [-0.4, -0.2) is 29.0 Å². The molecule has 174 valence electrons. The Bertz CT molecular complexity index is 1090. The predicted molar refractivity (Wildman–Crippen MR) is 128 cm³/mol. The van der Waals surface area contributed by atoms with E-state index in [1.165, 1.54) is 24.3 Å². The molecule has 2 aliphatic rings. The lowest BCUT2D eigenvalue weighted by atomic mass is 9.97. The standard InChI is InChI=1S/C29H27F2NO2/c30-23-11-7-21(8-12-23)29(22-9-13-24(31)14-10-22)34-27-18-25-15-16-26(19-27)32(25)28(33)17-6-20-4-2-1-3-5-20/h1-14,17,25-27,29H,15-16,18-19H2/b17-6+/t25-,26+,27?. The highest BCUT2D eigenvalue weighted by Crippen LogP contribution is 2.40. The van der Waals surface area contributed by atoms with E-state index in [1.807, 2.05) is 41.3 Å². The molecule has 0 radical (unpaired) electrons. The molecule has 2 saturated heterocycles. The van der Waals surface area contributed by atoms with Crippen molar-refractivity contribution in [1.82, 2.24) is 4.90 Å². The molecule has 1 unspecified atom stereocenters. The molecule has 0 aliphatic carbocycles. The largest absolute Gasteiger partial charge is 0.365 e. The molecule has 3 nitrogen and oxygen atoms in total. The van der Waals surface area contributed by atoms with Gasteiger partial charge in [-0.15, -0.1) is 0 Å². The fourth-order valence-corrected chi connectivity index (χ4v) is 5.23. The first-order valence-electron chi connectivity index (χ1n) is 11.8. The minimum absolute atomic E-state index is 0.0419. The Kier molecular flexibility index (Phi) is 6.54. The van der Waals surface area contributed by atoms with Gasteiger partial charge in [-0.1, -0.05) is 54.6 Å². The third-order valence-electron chi connectivity index (χ3n) is 6.84. The third-order valence-corrected chi connectivity index (χ3v) is 6.84. The van der Waals surface area contributed by atoms with Crippen molar-refractivity contribution in [3.05, 3.63) is 113 Å². The fourth-order valence-electron chi connectivity index (χ4n) is 5.23. The normalized spacial score (nSPS) is 22.0. The van der Waals surface area contributed by atoms with Gasteiger partial charge in [-0.2, -0.15) is 0 Å². The third kappa shape index (κ3) is 4.95. The zero-order chi connectivity index (χ0) is 23.5. The second kappa shape index (κ2) is 9.90. The van der Waals surface area contributed by atoms with Crippen molar-refractivity contribution >= 4 is 12.0 Å². The van der Waals surface area contributed by atoms with E-state index in [-0.39, 0.29) is 35.7 Å². The summed E-state index contributed by atoms with van der Waals surface area (Å²) in [5, 5.41) is 0. The molecule has 2 heterocycles. The van der Waals surface area contributed by atoms with E-state index in [0.29, 0.717) is 0 Å². The number of halogens is 2. The van der Waals surface area contributed by atoms with E-state index < -0.39 is 6.10 Å². The van der Waals surface area contributed by atoms with Crippen LogP contribution in [0.2, 0.25) is 0 Å². The molecular formula is C29H27F2NO2. The summed E-state index contributed by atoms with van der Waals surface area (Å²) < 4.78 is 33.6. The SMILES string of the molecule is O=C(/C=C/c1ccccc1)N1[C@@H]2CC[C@H]1CC(OC(c1ccc(F)cc1)c1ccc(F)cc1)C2. The maximum Gasteiger partial charge on any atom is 0.247 e. The molecule has 2 aliphatic heterocycles. The first-order chi connectivity index (χ1) is 16.6. The lowest BCUT2D eigenvalue weighted by Gasteiger charge is -2.39. The number of rotatable bonds is 6. The Labute approximate surface area is 198 Å². The Hall–Kier alpha value is -3.31. The molecule has 34 heavy (non-hydrogen) atoms. The topological polar surface area (TPSA) is 29.5 Å². The Morgan fingerprint density at radius 1 is 0.824 bits per heavy atom. The van der Waals surface area contributed by atoms with Crippen LogP contribution in [0, 0.1) is 11.6 Å². The number of hydrogen-bond acceptors (Lipinski definition) is 2. The number of hydrogen-bond donors (Lipinski definition) is 0. The minimum Gasteiger partial charge on any atom is -0.365 e. The van der Waals surface area contributed by atoms with Crippen LogP contribution >= 0.6 is 0 Å². The maximum absolute atomic E-state index is 13.5. The fraction of sp³-hybridized carbons (Fsp3) is 0.276. The van der Waals surface area contributed by atoms with Crippen molar-refractivity contribution in [1.29, 1.82) is 0 Å². The van der Waals surface area contributed by atoms with Crippen LogP contribution in [0.5, 0.6) is 0 Å². The second-order valence-electron chi connectivity index (χ2n) is 9.09. The second-order valence-corrected chi connectivity index (χ2v) is 9.09. The molecular weight excluding hydrogens is 432 g/mol. The Morgan fingerprint density at radius 3 is 1.88 bits per heavy atom. The summed E-state index contributed by atoms with van der Waals surface area (Å²) in [5.74, 6) is -0.575. The van der Waals surface area contributed by atoms with Gasteiger partial charge in [0.05, 0.1) is 6.10 Å². The van der Waals surface area contributed by atoms with Gasteiger partial charge >= 0.3 is 0 Å². The van der Waals surface area contributed by atoms with E-state index in [1.54, 1.807) is 30.3 Å². The molecule has 3 atom stereocenters. The van der Waals surface area contributed by atoms with Gasteiger partial charge in [0.25, 0.3) is 0 Å². The van der Waals surface area contributed by atoms with Crippen LogP contribution in [0.1, 0.15) is 48.5 Å². The van der Waals surface area contributed by atoms with Gasteiger partial charge < -0.3 is 9.64 Å². The van der Waals surface area contributed by atoms with E-state index in [9.17, 15) is 13.6 Å². The molecule has 0 spiro atoms.